The molecular weight excluding hydrogens is 232 g/mol. The summed E-state index contributed by atoms with van der Waals surface area (Å²) in [6.07, 6.45) is 5.78. The highest BCUT2D eigenvalue weighted by Crippen LogP contribution is 2.18. The molecule has 0 aromatic carbocycles. The Bertz CT molecular complexity index is 226. The van der Waals surface area contributed by atoms with Crippen molar-refractivity contribution in [3.8, 4) is 0 Å². The molecule has 0 N–H and O–H groups in total. The molecule has 0 aromatic rings. The molecule has 0 aromatic heterocycles. The molecule has 4 nitrogen and oxygen atoms in total. The van der Waals surface area contributed by atoms with Gasteiger partial charge in [-0.2, -0.15) is 0 Å². The number of rotatable bonds is 11. The number of hydrogen-bond acceptors (Lipinski definition) is 4. The first-order valence-electron chi connectivity index (χ1n) is 7.24. The number of unbranched alkanes of at least 4 members (excludes halogenated alkanes) is 1. The Morgan fingerprint density at radius 1 is 1.11 bits per heavy atom. The van der Waals surface area contributed by atoms with Gasteiger partial charge in [-0.05, 0) is 19.8 Å². The molecule has 4 unspecified atom stereocenters. The van der Waals surface area contributed by atoms with Gasteiger partial charge < -0.3 is 18.9 Å². The van der Waals surface area contributed by atoms with Crippen LogP contribution in [-0.2, 0) is 18.9 Å². The third-order valence-corrected chi connectivity index (χ3v) is 3.36. The average Bonchev–Trinajstić information content (AvgIpc) is 3.24. The van der Waals surface area contributed by atoms with Crippen molar-refractivity contribution in [1.82, 2.24) is 0 Å². The molecule has 2 aliphatic heterocycles. The van der Waals surface area contributed by atoms with Gasteiger partial charge in [0.25, 0.3) is 0 Å². The van der Waals surface area contributed by atoms with Gasteiger partial charge in [-0.3, -0.25) is 0 Å². The van der Waals surface area contributed by atoms with Gasteiger partial charge in [0.1, 0.15) is 12.2 Å². The fourth-order valence-electron chi connectivity index (χ4n) is 1.98. The quantitative estimate of drug-likeness (QED) is 0.533. The molecule has 0 spiro atoms. The molecule has 2 rings (SSSR count). The molecule has 18 heavy (non-hydrogen) atoms. The topological polar surface area (TPSA) is 43.5 Å². The molecule has 4 atom stereocenters. The van der Waals surface area contributed by atoms with Crippen LogP contribution in [-0.4, -0.2) is 50.8 Å². The van der Waals surface area contributed by atoms with Crippen LogP contribution in [0.2, 0.25) is 0 Å². The van der Waals surface area contributed by atoms with Gasteiger partial charge in [-0.15, -0.1) is 0 Å². The average molecular weight is 258 g/mol. The van der Waals surface area contributed by atoms with Gasteiger partial charge in [-0.1, -0.05) is 19.8 Å². The van der Waals surface area contributed by atoms with E-state index in [-0.39, 0.29) is 6.10 Å². The molecule has 0 radical (unpaired) electrons. The molecule has 0 saturated carbocycles. The fourth-order valence-corrected chi connectivity index (χ4v) is 1.98. The van der Waals surface area contributed by atoms with Gasteiger partial charge >= 0.3 is 0 Å². The zero-order valence-corrected chi connectivity index (χ0v) is 11.6. The van der Waals surface area contributed by atoms with E-state index in [9.17, 15) is 0 Å². The number of hydrogen-bond donors (Lipinski definition) is 0. The van der Waals surface area contributed by atoms with E-state index in [0.717, 1.165) is 39.3 Å². The summed E-state index contributed by atoms with van der Waals surface area (Å²) in [5.41, 5.74) is 0. The molecule has 2 fully saturated rings. The minimum absolute atomic E-state index is 0.246. The van der Waals surface area contributed by atoms with Crippen LogP contribution < -0.4 is 0 Å². The third kappa shape index (κ3) is 6.14. The highest BCUT2D eigenvalue weighted by Gasteiger charge is 2.26. The Hall–Kier alpha value is -0.160. The zero-order chi connectivity index (χ0) is 12.8. The Balaban J connectivity index is 1.60. The van der Waals surface area contributed by atoms with Crippen molar-refractivity contribution in [2.45, 2.75) is 63.9 Å². The largest absolute Gasteiger partial charge is 0.376 e. The van der Waals surface area contributed by atoms with Crippen LogP contribution >= 0.6 is 0 Å². The maximum absolute atomic E-state index is 5.92. The highest BCUT2D eigenvalue weighted by atomic mass is 16.6. The first kappa shape index (κ1) is 14.3. The normalized spacial score (nSPS) is 29.0. The lowest BCUT2D eigenvalue weighted by Gasteiger charge is -2.21. The highest BCUT2D eigenvalue weighted by molar-refractivity contribution is 4.72. The first-order chi connectivity index (χ1) is 8.78. The maximum Gasteiger partial charge on any atom is 0.104 e. The van der Waals surface area contributed by atoms with Crippen LogP contribution in [0.1, 0.15) is 39.5 Å². The van der Waals surface area contributed by atoms with E-state index in [0.29, 0.717) is 18.3 Å². The SMILES string of the molecule is CCCCC(CC(C)OCC1CO1)OCC1CO1. The first-order valence-corrected chi connectivity index (χ1v) is 7.24. The minimum atomic E-state index is 0.246. The van der Waals surface area contributed by atoms with Gasteiger partial charge in [0.15, 0.2) is 0 Å². The van der Waals surface area contributed by atoms with E-state index >= 15 is 0 Å². The van der Waals surface area contributed by atoms with Crippen LogP contribution in [0.3, 0.4) is 0 Å². The summed E-state index contributed by atoms with van der Waals surface area (Å²) >= 11 is 0. The molecular formula is C14H26O4. The van der Waals surface area contributed by atoms with Crippen molar-refractivity contribution in [2.75, 3.05) is 26.4 Å². The Kier molecular flexibility index (Phi) is 5.89. The standard InChI is InChI=1S/C14H26O4/c1-3-4-5-12(16-8-14-10-18-14)6-11(2)15-7-13-9-17-13/h11-14H,3-10H2,1-2H3. The van der Waals surface area contributed by atoms with E-state index in [4.69, 9.17) is 18.9 Å². The van der Waals surface area contributed by atoms with E-state index in [1.165, 1.54) is 12.8 Å². The summed E-state index contributed by atoms with van der Waals surface area (Å²) in [5.74, 6) is 0. The molecule has 2 aliphatic rings. The summed E-state index contributed by atoms with van der Waals surface area (Å²) in [6.45, 7) is 7.54. The Labute approximate surface area is 110 Å². The van der Waals surface area contributed by atoms with Crippen molar-refractivity contribution in [3.05, 3.63) is 0 Å². The van der Waals surface area contributed by atoms with Crippen LogP contribution in [0, 0.1) is 0 Å². The smallest absolute Gasteiger partial charge is 0.104 e. The van der Waals surface area contributed by atoms with Crippen molar-refractivity contribution in [3.63, 3.8) is 0 Å². The minimum Gasteiger partial charge on any atom is -0.376 e. The van der Waals surface area contributed by atoms with Gasteiger partial charge in [0.05, 0.1) is 38.6 Å². The lowest BCUT2D eigenvalue weighted by atomic mass is 10.1. The molecule has 2 saturated heterocycles. The third-order valence-electron chi connectivity index (χ3n) is 3.36. The van der Waals surface area contributed by atoms with Gasteiger partial charge in [0, 0.05) is 0 Å². The fraction of sp³-hybridized carbons (Fsp3) is 1.00. The number of ether oxygens (including phenoxy) is 4. The van der Waals surface area contributed by atoms with E-state index in [1.54, 1.807) is 0 Å². The molecule has 4 heteroatoms. The van der Waals surface area contributed by atoms with Gasteiger partial charge in [-0.25, -0.2) is 0 Å². The summed E-state index contributed by atoms with van der Waals surface area (Å²) in [6, 6.07) is 0. The second-order valence-corrected chi connectivity index (χ2v) is 5.39. The maximum atomic E-state index is 5.92. The van der Waals surface area contributed by atoms with Crippen molar-refractivity contribution >= 4 is 0 Å². The zero-order valence-electron chi connectivity index (χ0n) is 11.6. The number of epoxide rings is 2. The predicted molar refractivity (Wildman–Crippen MR) is 68.8 cm³/mol. The van der Waals surface area contributed by atoms with E-state index < -0.39 is 0 Å². The molecule has 0 aliphatic carbocycles. The summed E-state index contributed by atoms with van der Waals surface area (Å²) in [5, 5.41) is 0. The molecule has 2 heterocycles. The van der Waals surface area contributed by atoms with Crippen molar-refractivity contribution < 1.29 is 18.9 Å². The summed E-state index contributed by atoms with van der Waals surface area (Å²) in [7, 11) is 0. The van der Waals surface area contributed by atoms with Crippen LogP contribution in [0.5, 0.6) is 0 Å². The molecule has 0 amide bonds. The second-order valence-electron chi connectivity index (χ2n) is 5.39. The summed E-state index contributed by atoms with van der Waals surface area (Å²) < 4.78 is 22.0. The van der Waals surface area contributed by atoms with Crippen molar-refractivity contribution in [1.29, 1.82) is 0 Å². The van der Waals surface area contributed by atoms with Crippen LogP contribution in [0.25, 0.3) is 0 Å². The van der Waals surface area contributed by atoms with Crippen molar-refractivity contribution in [2.24, 2.45) is 0 Å². The predicted octanol–water partition coefficient (Wildman–Crippen LogP) is 2.15. The van der Waals surface area contributed by atoms with E-state index in [1.807, 2.05) is 0 Å². The lowest BCUT2D eigenvalue weighted by Crippen LogP contribution is -2.24. The molecule has 0 bridgehead atoms. The Morgan fingerprint density at radius 2 is 1.72 bits per heavy atom. The lowest BCUT2D eigenvalue weighted by molar-refractivity contribution is -0.0215. The summed E-state index contributed by atoms with van der Waals surface area (Å²) in [4.78, 5) is 0. The second kappa shape index (κ2) is 7.43. The Morgan fingerprint density at radius 3 is 2.28 bits per heavy atom. The van der Waals surface area contributed by atoms with Gasteiger partial charge in [0.2, 0.25) is 0 Å². The van der Waals surface area contributed by atoms with E-state index in [2.05, 4.69) is 13.8 Å². The molecule has 106 valence electrons. The van der Waals surface area contributed by atoms with Crippen LogP contribution in [0.4, 0.5) is 0 Å². The monoisotopic (exact) mass is 258 g/mol. The van der Waals surface area contributed by atoms with Crippen LogP contribution in [0.15, 0.2) is 0 Å².